The molecule has 0 heterocycles. The van der Waals surface area contributed by atoms with Crippen LogP contribution >= 0.6 is 0 Å². The lowest BCUT2D eigenvalue weighted by Gasteiger charge is -2.18. The second-order valence-corrected chi connectivity index (χ2v) is 6.29. The van der Waals surface area contributed by atoms with Crippen molar-refractivity contribution in [3.8, 4) is 0 Å². The second kappa shape index (κ2) is 6.93. The number of carbonyl (C=O) groups is 1. The molecule has 0 saturated heterocycles. The first-order chi connectivity index (χ1) is 7.65. The van der Waals surface area contributed by atoms with E-state index in [9.17, 15) is 13.2 Å². The maximum absolute atomic E-state index is 11.6. The fraction of sp³-hybridized carbons (Fsp3) is 0.900. The van der Waals surface area contributed by atoms with Gasteiger partial charge in [0, 0.05) is 0 Å². The van der Waals surface area contributed by atoms with Crippen LogP contribution in [0.5, 0.6) is 0 Å². The Morgan fingerprint density at radius 3 is 2.18 bits per heavy atom. The van der Waals surface area contributed by atoms with E-state index in [0.29, 0.717) is 0 Å². The van der Waals surface area contributed by atoms with E-state index >= 15 is 0 Å². The molecule has 0 aliphatic rings. The first-order valence-corrected chi connectivity index (χ1v) is 7.15. The molecule has 0 radical (unpaired) electrons. The van der Waals surface area contributed by atoms with E-state index in [1.165, 1.54) is 0 Å². The summed E-state index contributed by atoms with van der Waals surface area (Å²) in [5.74, 6) is -1.72. The monoisotopic (exact) mass is 267 g/mol. The van der Waals surface area contributed by atoms with E-state index in [1.54, 1.807) is 27.7 Å². The summed E-state index contributed by atoms with van der Waals surface area (Å²) in [6.45, 7) is 6.94. The molecule has 0 aromatic heterocycles. The molecule has 6 nitrogen and oxygen atoms in total. The van der Waals surface area contributed by atoms with Gasteiger partial charge in [0.15, 0.2) is 0 Å². The molecular formula is C10H21NO5S. The maximum Gasteiger partial charge on any atom is 0.321 e. The van der Waals surface area contributed by atoms with Gasteiger partial charge in [0.25, 0.3) is 0 Å². The third-order valence-electron chi connectivity index (χ3n) is 2.04. The zero-order chi connectivity index (χ0) is 13.6. The van der Waals surface area contributed by atoms with Gasteiger partial charge in [-0.25, -0.2) is 13.1 Å². The summed E-state index contributed by atoms with van der Waals surface area (Å²) >= 11 is 0. The highest BCUT2D eigenvalue weighted by atomic mass is 32.2. The van der Waals surface area contributed by atoms with Gasteiger partial charge in [0.1, 0.15) is 6.04 Å². The van der Waals surface area contributed by atoms with Crippen LogP contribution < -0.4 is 4.72 Å². The van der Waals surface area contributed by atoms with E-state index in [2.05, 4.69) is 4.72 Å². The van der Waals surface area contributed by atoms with Gasteiger partial charge in [-0.3, -0.25) is 4.79 Å². The average molecular weight is 267 g/mol. The van der Waals surface area contributed by atoms with E-state index < -0.39 is 22.0 Å². The highest BCUT2D eigenvalue weighted by Crippen LogP contribution is 2.04. The Bertz CT molecular complexity index is 337. The number of hydrogen-bond donors (Lipinski definition) is 2. The fourth-order valence-electron chi connectivity index (χ4n) is 1.12. The molecule has 0 fully saturated rings. The minimum atomic E-state index is -3.62. The fourth-order valence-corrected chi connectivity index (χ4v) is 2.31. The van der Waals surface area contributed by atoms with Gasteiger partial charge >= 0.3 is 5.97 Å². The number of carboxylic acids is 1. The molecular weight excluding hydrogens is 246 g/mol. The maximum atomic E-state index is 11.6. The van der Waals surface area contributed by atoms with Crippen molar-refractivity contribution in [1.82, 2.24) is 4.72 Å². The van der Waals surface area contributed by atoms with Gasteiger partial charge < -0.3 is 9.84 Å². The van der Waals surface area contributed by atoms with Crippen LogP contribution in [0.25, 0.3) is 0 Å². The zero-order valence-electron chi connectivity index (χ0n) is 10.6. The summed E-state index contributed by atoms with van der Waals surface area (Å²) in [6.07, 6.45) is -0.0504. The van der Waals surface area contributed by atoms with Crippen LogP contribution in [0, 0.1) is 5.92 Å². The quantitative estimate of drug-likeness (QED) is 0.665. The number of aliphatic carboxylic acids is 1. The lowest BCUT2D eigenvalue weighted by atomic mass is 10.1. The van der Waals surface area contributed by atoms with Crippen LogP contribution in [-0.4, -0.2) is 44.0 Å². The standard InChI is InChI=1S/C10H21NO5S/c1-7(2)9(10(12)13)11-17(14,15)6-5-16-8(3)4/h7-9,11H,5-6H2,1-4H3,(H,12,13)/t9-/m1/s1. The molecule has 0 spiro atoms. The first-order valence-electron chi connectivity index (χ1n) is 5.50. The normalized spacial score (nSPS) is 14.2. The van der Waals surface area contributed by atoms with Crippen molar-refractivity contribution in [1.29, 1.82) is 0 Å². The SMILES string of the molecule is CC(C)OCCS(=O)(=O)N[C@@H](C(=O)O)C(C)C. The highest BCUT2D eigenvalue weighted by Gasteiger charge is 2.26. The predicted molar refractivity (Wildman–Crippen MR) is 64.3 cm³/mol. The first kappa shape index (κ1) is 16.3. The molecule has 0 saturated carbocycles. The molecule has 0 aromatic carbocycles. The number of sulfonamides is 1. The largest absolute Gasteiger partial charge is 0.480 e. The van der Waals surface area contributed by atoms with Crippen molar-refractivity contribution in [2.75, 3.05) is 12.4 Å². The van der Waals surface area contributed by atoms with Crippen LogP contribution in [-0.2, 0) is 19.6 Å². The summed E-state index contributed by atoms with van der Waals surface area (Å²) in [6, 6.07) is -1.10. The molecule has 17 heavy (non-hydrogen) atoms. The number of rotatable bonds is 8. The molecule has 7 heteroatoms. The van der Waals surface area contributed by atoms with Crippen molar-refractivity contribution < 1.29 is 23.1 Å². The molecule has 0 aliphatic carbocycles. The van der Waals surface area contributed by atoms with Gasteiger partial charge in [0.2, 0.25) is 10.0 Å². The van der Waals surface area contributed by atoms with E-state index in [0.717, 1.165) is 0 Å². The van der Waals surface area contributed by atoms with Crippen molar-refractivity contribution in [3.63, 3.8) is 0 Å². The molecule has 1 atom stereocenters. The van der Waals surface area contributed by atoms with Crippen LogP contribution in [0.4, 0.5) is 0 Å². The Kier molecular flexibility index (Phi) is 6.66. The number of hydrogen-bond acceptors (Lipinski definition) is 4. The van der Waals surface area contributed by atoms with Crippen molar-refractivity contribution >= 4 is 16.0 Å². The lowest BCUT2D eigenvalue weighted by Crippen LogP contribution is -2.45. The summed E-state index contributed by atoms with van der Waals surface area (Å²) < 4.78 is 30.4. The molecule has 0 unspecified atom stereocenters. The van der Waals surface area contributed by atoms with E-state index in [-0.39, 0.29) is 24.4 Å². The Balaban J connectivity index is 4.37. The van der Waals surface area contributed by atoms with Crippen LogP contribution in [0.2, 0.25) is 0 Å². The molecule has 2 N–H and O–H groups in total. The van der Waals surface area contributed by atoms with Crippen molar-refractivity contribution in [2.45, 2.75) is 39.8 Å². The van der Waals surface area contributed by atoms with Gasteiger partial charge in [-0.05, 0) is 19.8 Å². The highest BCUT2D eigenvalue weighted by molar-refractivity contribution is 7.89. The molecule has 0 bridgehead atoms. The second-order valence-electron chi connectivity index (χ2n) is 4.42. The van der Waals surface area contributed by atoms with Gasteiger partial charge in [0.05, 0.1) is 18.5 Å². The van der Waals surface area contributed by atoms with Gasteiger partial charge in [-0.1, -0.05) is 13.8 Å². The molecule has 0 rings (SSSR count). The third-order valence-corrected chi connectivity index (χ3v) is 3.36. The Morgan fingerprint density at radius 1 is 1.29 bits per heavy atom. The summed E-state index contributed by atoms with van der Waals surface area (Å²) in [5.41, 5.74) is 0. The third kappa shape index (κ3) is 7.30. The Morgan fingerprint density at radius 2 is 1.82 bits per heavy atom. The number of ether oxygens (including phenoxy) is 1. The molecule has 0 aliphatic heterocycles. The Labute approximate surface area is 102 Å². The number of carboxylic acid groups (broad SMARTS) is 1. The average Bonchev–Trinajstić information content (AvgIpc) is 2.12. The van der Waals surface area contributed by atoms with E-state index in [1.807, 2.05) is 0 Å². The lowest BCUT2D eigenvalue weighted by molar-refractivity contribution is -0.140. The smallest absolute Gasteiger partial charge is 0.321 e. The molecule has 0 amide bonds. The number of nitrogens with one attached hydrogen (secondary N) is 1. The summed E-state index contributed by atoms with van der Waals surface area (Å²) in [5, 5.41) is 8.86. The predicted octanol–water partition coefficient (Wildman–Crippen LogP) is 0.440. The van der Waals surface area contributed by atoms with Crippen LogP contribution in [0.3, 0.4) is 0 Å². The van der Waals surface area contributed by atoms with Crippen molar-refractivity contribution in [3.05, 3.63) is 0 Å². The van der Waals surface area contributed by atoms with Crippen LogP contribution in [0.1, 0.15) is 27.7 Å². The summed E-state index contributed by atoms with van der Waals surface area (Å²) in [7, 11) is -3.62. The van der Waals surface area contributed by atoms with Crippen molar-refractivity contribution in [2.24, 2.45) is 5.92 Å². The minimum absolute atomic E-state index is 0.0504. The zero-order valence-corrected chi connectivity index (χ0v) is 11.5. The topological polar surface area (TPSA) is 92.7 Å². The molecule has 0 aromatic rings. The summed E-state index contributed by atoms with van der Waals surface area (Å²) in [4.78, 5) is 10.8. The Hall–Kier alpha value is -0.660. The van der Waals surface area contributed by atoms with Gasteiger partial charge in [-0.15, -0.1) is 0 Å². The van der Waals surface area contributed by atoms with Crippen LogP contribution in [0.15, 0.2) is 0 Å². The molecule has 102 valence electrons. The minimum Gasteiger partial charge on any atom is -0.480 e. The van der Waals surface area contributed by atoms with Gasteiger partial charge in [-0.2, -0.15) is 0 Å². The van der Waals surface area contributed by atoms with E-state index in [4.69, 9.17) is 9.84 Å².